The first kappa shape index (κ1) is 14.6. The number of nitrogens with zero attached hydrogens (tertiary/aromatic N) is 5. The molecule has 0 spiro atoms. The molecule has 0 aliphatic carbocycles. The Bertz CT molecular complexity index is 633. The topological polar surface area (TPSA) is 82.0 Å². The van der Waals surface area contributed by atoms with Crippen LogP contribution in [0.15, 0.2) is 24.8 Å². The van der Waals surface area contributed by atoms with E-state index in [1.807, 2.05) is 24.3 Å². The van der Waals surface area contributed by atoms with Crippen LogP contribution in [0.2, 0.25) is 0 Å². The first-order valence-electron chi connectivity index (χ1n) is 7.65. The molecule has 0 saturated carbocycles. The normalized spacial score (nSPS) is 18.6. The number of anilines is 1. The van der Waals surface area contributed by atoms with E-state index < -0.39 is 0 Å². The summed E-state index contributed by atoms with van der Waals surface area (Å²) in [6.07, 6.45) is 7.76. The van der Waals surface area contributed by atoms with Crippen molar-refractivity contribution in [2.24, 2.45) is 5.92 Å². The molecule has 1 saturated heterocycles. The lowest BCUT2D eigenvalue weighted by Gasteiger charge is -2.33. The standard InChI is InChI=1S/C15H22N6O/c1-12-7-14(16)21(18-12)10-15(22)20-5-2-3-13(9-20)8-19-6-4-17-11-19/h4,6-7,11,13H,2-3,5,8-10,16H2,1H3/t13-/m0/s1. The Hall–Kier alpha value is -2.31. The summed E-state index contributed by atoms with van der Waals surface area (Å²) in [6, 6.07) is 1.78. The molecule has 2 aromatic heterocycles. The van der Waals surface area contributed by atoms with Gasteiger partial charge in [0.25, 0.3) is 0 Å². The molecule has 0 aromatic carbocycles. The summed E-state index contributed by atoms with van der Waals surface area (Å²) >= 11 is 0. The molecule has 1 aliphatic heterocycles. The van der Waals surface area contributed by atoms with Crippen molar-refractivity contribution in [2.45, 2.75) is 32.9 Å². The zero-order valence-electron chi connectivity index (χ0n) is 12.9. The summed E-state index contributed by atoms with van der Waals surface area (Å²) in [5, 5.41) is 4.26. The van der Waals surface area contributed by atoms with Gasteiger partial charge in [-0.2, -0.15) is 5.10 Å². The molecule has 1 aliphatic rings. The number of amides is 1. The van der Waals surface area contributed by atoms with Gasteiger partial charge in [-0.05, 0) is 25.7 Å². The SMILES string of the molecule is Cc1cc(N)n(CC(=O)N2CCC[C@@H](Cn3ccnc3)C2)n1. The summed E-state index contributed by atoms with van der Waals surface area (Å²) < 4.78 is 3.66. The van der Waals surface area contributed by atoms with Gasteiger partial charge in [0.05, 0.1) is 12.0 Å². The highest BCUT2D eigenvalue weighted by atomic mass is 16.2. The number of nitrogens with two attached hydrogens (primary N) is 1. The molecule has 0 unspecified atom stereocenters. The molecule has 0 bridgehead atoms. The van der Waals surface area contributed by atoms with E-state index in [2.05, 4.69) is 14.6 Å². The summed E-state index contributed by atoms with van der Waals surface area (Å²) in [7, 11) is 0. The van der Waals surface area contributed by atoms with Crippen LogP contribution >= 0.6 is 0 Å². The van der Waals surface area contributed by atoms with Crippen molar-refractivity contribution in [2.75, 3.05) is 18.8 Å². The summed E-state index contributed by atoms with van der Waals surface area (Å²) in [4.78, 5) is 18.5. The molecule has 2 aromatic rings. The fraction of sp³-hybridized carbons (Fsp3) is 0.533. The molecule has 2 N–H and O–H groups in total. The van der Waals surface area contributed by atoms with Gasteiger partial charge in [-0.1, -0.05) is 0 Å². The van der Waals surface area contributed by atoms with Crippen molar-refractivity contribution in [3.8, 4) is 0 Å². The van der Waals surface area contributed by atoms with E-state index in [9.17, 15) is 4.79 Å². The largest absolute Gasteiger partial charge is 0.384 e. The van der Waals surface area contributed by atoms with Crippen molar-refractivity contribution in [3.05, 3.63) is 30.5 Å². The second kappa shape index (κ2) is 6.21. The maximum atomic E-state index is 12.5. The van der Waals surface area contributed by atoms with Crippen LogP contribution in [0.5, 0.6) is 0 Å². The van der Waals surface area contributed by atoms with Crippen LogP contribution < -0.4 is 5.73 Å². The monoisotopic (exact) mass is 302 g/mol. The Morgan fingerprint density at radius 3 is 3.05 bits per heavy atom. The lowest BCUT2D eigenvalue weighted by atomic mass is 9.98. The predicted octanol–water partition coefficient (Wildman–Crippen LogP) is 0.909. The van der Waals surface area contributed by atoms with Gasteiger partial charge in [-0.3, -0.25) is 4.79 Å². The summed E-state index contributed by atoms with van der Waals surface area (Å²) in [5.74, 6) is 1.10. The van der Waals surface area contributed by atoms with E-state index >= 15 is 0 Å². The van der Waals surface area contributed by atoms with Gasteiger partial charge in [-0.15, -0.1) is 0 Å². The van der Waals surface area contributed by atoms with Crippen molar-refractivity contribution < 1.29 is 4.79 Å². The van der Waals surface area contributed by atoms with Crippen LogP contribution in [0, 0.1) is 12.8 Å². The number of piperidine rings is 1. The van der Waals surface area contributed by atoms with E-state index in [0.29, 0.717) is 11.7 Å². The van der Waals surface area contributed by atoms with Crippen LogP contribution in [0.1, 0.15) is 18.5 Å². The fourth-order valence-electron chi connectivity index (χ4n) is 3.05. The van der Waals surface area contributed by atoms with Gasteiger partial charge in [0.15, 0.2) is 0 Å². The third-order valence-corrected chi connectivity index (χ3v) is 4.12. The number of carbonyl (C=O) groups is 1. The van der Waals surface area contributed by atoms with Gasteiger partial charge in [-0.25, -0.2) is 9.67 Å². The minimum atomic E-state index is 0.0881. The third-order valence-electron chi connectivity index (χ3n) is 4.12. The molecule has 3 heterocycles. The smallest absolute Gasteiger partial charge is 0.244 e. The average molecular weight is 302 g/mol. The fourth-order valence-corrected chi connectivity index (χ4v) is 3.05. The number of likely N-dealkylation sites (tertiary alicyclic amines) is 1. The van der Waals surface area contributed by atoms with Gasteiger partial charge in [0, 0.05) is 38.1 Å². The van der Waals surface area contributed by atoms with Crippen LogP contribution in [-0.4, -0.2) is 43.2 Å². The minimum absolute atomic E-state index is 0.0881. The Labute approximate surface area is 129 Å². The maximum Gasteiger partial charge on any atom is 0.244 e. The number of hydrogen-bond acceptors (Lipinski definition) is 4. The molecular formula is C15H22N6O. The molecule has 7 nitrogen and oxygen atoms in total. The highest BCUT2D eigenvalue weighted by molar-refractivity contribution is 5.76. The van der Waals surface area contributed by atoms with E-state index in [0.717, 1.165) is 38.2 Å². The van der Waals surface area contributed by atoms with Crippen LogP contribution in [0.4, 0.5) is 5.82 Å². The van der Waals surface area contributed by atoms with E-state index in [1.165, 1.54) is 0 Å². The number of nitrogen functional groups attached to an aromatic ring is 1. The van der Waals surface area contributed by atoms with Gasteiger partial charge in [0.1, 0.15) is 12.4 Å². The Morgan fingerprint density at radius 2 is 2.36 bits per heavy atom. The van der Waals surface area contributed by atoms with Crippen LogP contribution in [-0.2, 0) is 17.9 Å². The minimum Gasteiger partial charge on any atom is -0.384 e. The van der Waals surface area contributed by atoms with E-state index in [4.69, 9.17) is 5.73 Å². The number of rotatable bonds is 4. The van der Waals surface area contributed by atoms with Gasteiger partial charge in [0.2, 0.25) is 5.91 Å². The second-order valence-corrected chi connectivity index (χ2v) is 5.98. The predicted molar refractivity (Wildman–Crippen MR) is 82.9 cm³/mol. The van der Waals surface area contributed by atoms with Gasteiger partial charge >= 0.3 is 0 Å². The van der Waals surface area contributed by atoms with Crippen LogP contribution in [0.25, 0.3) is 0 Å². The lowest BCUT2D eigenvalue weighted by Crippen LogP contribution is -2.42. The highest BCUT2D eigenvalue weighted by Gasteiger charge is 2.24. The first-order valence-corrected chi connectivity index (χ1v) is 7.65. The van der Waals surface area contributed by atoms with E-state index in [-0.39, 0.29) is 12.5 Å². The van der Waals surface area contributed by atoms with Crippen molar-refractivity contribution in [1.82, 2.24) is 24.2 Å². The number of imidazole rings is 1. The Morgan fingerprint density at radius 1 is 1.50 bits per heavy atom. The quantitative estimate of drug-likeness (QED) is 0.910. The molecule has 1 amide bonds. The number of hydrogen-bond donors (Lipinski definition) is 1. The Kier molecular flexibility index (Phi) is 4.13. The van der Waals surface area contributed by atoms with E-state index in [1.54, 1.807) is 16.9 Å². The number of aryl methyl sites for hydroxylation is 1. The molecule has 1 fully saturated rings. The molecule has 1 atom stereocenters. The molecule has 22 heavy (non-hydrogen) atoms. The van der Waals surface area contributed by atoms with Crippen molar-refractivity contribution in [1.29, 1.82) is 0 Å². The summed E-state index contributed by atoms with van der Waals surface area (Å²) in [5.41, 5.74) is 6.69. The molecule has 7 heteroatoms. The lowest BCUT2D eigenvalue weighted by molar-refractivity contribution is -0.133. The molecule has 0 radical (unpaired) electrons. The molecule has 3 rings (SSSR count). The number of aromatic nitrogens is 4. The first-order chi connectivity index (χ1) is 10.6. The third kappa shape index (κ3) is 3.29. The second-order valence-electron chi connectivity index (χ2n) is 5.98. The zero-order valence-corrected chi connectivity index (χ0v) is 12.9. The maximum absolute atomic E-state index is 12.5. The van der Waals surface area contributed by atoms with Crippen molar-refractivity contribution >= 4 is 11.7 Å². The molecular weight excluding hydrogens is 280 g/mol. The summed E-state index contributed by atoms with van der Waals surface area (Å²) in [6.45, 7) is 4.61. The highest BCUT2D eigenvalue weighted by Crippen LogP contribution is 2.19. The van der Waals surface area contributed by atoms with Crippen molar-refractivity contribution in [3.63, 3.8) is 0 Å². The molecule has 118 valence electrons. The number of carbonyl (C=O) groups excluding carboxylic acids is 1. The Balaban J connectivity index is 1.59. The average Bonchev–Trinajstić information content (AvgIpc) is 3.09. The zero-order chi connectivity index (χ0) is 15.5. The van der Waals surface area contributed by atoms with Gasteiger partial charge < -0.3 is 15.2 Å². The van der Waals surface area contributed by atoms with Crippen LogP contribution in [0.3, 0.4) is 0 Å².